The molecule has 1 fully saturated rings. The van der Waals surface area contributed by atoms with Crippen LogP contribution in [0.1, 0.15) is 20.3 Å². The van der Waals surface area contributed by atoms with Gasteiger partial charge in [-0.2, -0.15) is 0 Å². The second-order valence-electron chi connectivity index (χ2n) is 7.71. The van der Waals surface area contributed by atoms with Crippen molar-refractivity contribution in [2.45, 2.75) is 26.4 Å². The van der Waals surface area contributed by atoms with E-state index in [0.29, 0.717) is 18.4 Å². The van der Waals surface area contributed by atoms with E-state index in [0.717, 1.165) is 48.1 Å². The highest BCUT2D eigenvalue weighted by atomic mass is 16.5. The molecule has 3 N–H and O–H groups in total. The molecule has 0 radical (unpaired) electrons. The lowest BCUT2D eigenvalue weighted by Gasteiger charge is -2.20. The number of nitrogens with zero attached hydrogens (tertiary/aromatic N) is 2. The number of nitrogens with one attached hydrogen (secondary N) is 1. The van der Waals surface area contributed by atoms with E-state index in [1.165, 1.54) is 0 Å². The monoisotopic (exact) mass is 412 g/mol. The Hall–Kier alpha value is -3.09. The Morgan fingerprint density at radius 3 is 2.37 bits per heavy atom. The summed E-state index contributed by atoms with van der Waals surface area (Å²) in [6.07, 6.45) is 1.22. The Labute approximate surface area is 178 Å². The second-order valence-corrected chi connectivity index (χ2v) is 7.71. The van der Waals surface area contributed by atoms with Gasteiger partial charge in [-0.3, -0.25) is 4.99 Å². The Balaban J connectivity index is 1.53. The van der Waals surface area contributed by atoms with Crippen LogP contribution < -0.4 is 30.2 Å². The van der Waals surface area contributed by atoms with Crippen LogP contribution in [-0.2, 0) is 0 Å². The topological polar surface area (TPSA) is 81.3 Å². The molecule has 3 rings (SSSR count). The van der Waals surface area contributed by atoms with Crippen molar-refractivity contribution < 1.29 is 14.2 Å². The molecule has 0 amide bonds. The van der Waals surface area contributed by atoms with Crippen LogP contribution in [0.5, 0.6) is 17.2 Å². The molecule has 1 unspecified atom stereocenters. The number of rotatable bonds is 8. The van der Waals surface area contributed by atoms with Crippen LogP contribution in [-0.4, -0.2) is 45.9 Å². The summed E-state index contributed by atoms with van der Waals surface area (Å²) >= 11 is 0. The van der Waals surface area contributed by atoms with Crippen molar-refractivity contribution in [3.63, 3.8) is 0 Å². The van der Waals surface area contributed by atoms with Gasteiger partial charge in [-0.05, 0) is 50.5 Å². The minimum Gasteiger partial charge on any atom is -0.497 e. The van der Waals surface area contributed by atoms with Gasteiger partial charge in [0.1, 0.15) is 17.2 Å². The Bertz CT molecular complexity index is 830. The fraction of sp³-hybridized carbons (Fsp3) is 0.435. The molecule has 0 saturated carbocycles. The predicted octanol–water partition coefficient (Wildman–Crippen LogP) is 3.74. The molecule has 2 aromatic carbocycles. The normalized spacial score (nSPS) is 16.6. The fourth-order valence-corrected chi connectivity index (χ4v) is 3.50. The molecule has 1 aliphatic heterocycles. The first-order valence-electron chi connectivity index (χ1n) is 10.3. The van der Waals surface area contributed by atoms with Gasteiger partial charge in [-0.25, -0.2) is 0 Å². The SMILES string of the molecule is COc1cc(OC)cc(N2CCC(CN=C(N)Nc3ccc(OC(C)C)cc3)C2)c1. The summed E-state index contributed by atoms with van der Waals surface area (Å²) in [5.74, 6) is 3.30. The van der Waals surface area contributed by atoms with Crippen molar-refractivity contribution >= 4 is 17.3 Å². The van der Waals surface area contributed by atoms with E-state index in [1.54, 1.807) is 14.2 Å². The summed E-state index contributed by atoms with van der Waals surface area (Å²) in [7, 11) is 3.33. The van der Waals surface area contributed by atoms with Crippen molar-refractivity contribution in [2.75, 3.05) is 44.1 Å². The third kappa shape index (κ3) is 5.95. The van der Waals surface area contributed by atoms with E-state index in [4.69, 9.17) is 19.9 Å². The third-order valence-corrected chi connectivity index (χ3v) is 5.01. The minimum absolute atomic E-state index is 0.152. The number of guanidine groups is 1. The van der Waals surface area contributed by atoms with Gasteiger partial charge in [0, 0.05) is 49.2 Å². The van der Waals surface area contributed by atoms with Gasteiger partial charge in [0.15, 0.2) is 5.96 Å². The molecule has 1 aliphatic rings. The van der Waals surface area contributed by atoms with Crippen LogP contribution in [0.25, 0.3) is 0 Å². The number of hydrogen-bond acceptors (Lipinski definition) is 5. The van der Waals surface area contributed by atoms with Gasteiger partial charge in [0.25, 0.3) is 0 Å². The second kappa shape index (κ2) is 10.1. The summed E-state index contributed by atoms with van der Waals surface area (Å²) in [6, 6.07) is 13.7. The number of nitrogens with two attached hydrogens (primary N) is 1. The minimum atomic E-state index is 0.152. The van der Waals surface area contributed by atoms with Crippen LogP contribution >= 0.6 is 0 Å². The molecule has 0 aliphatic carbocycles. The molecule has 30 heavy (non-hydrogen) atoms. The number of benzene rings is 2. The molecule has 2 aromatic rings. The Kier molecular flexibility index (Phi) is 7.27. The molecular formula is C23H32N4O3. The van der Waals surface area contributed by atoms with E-state index in [9.17, 15) is 0 Å². The van der Waals surface area contributed by atoms with Crippen LogP contribution in [0.4, 0.5) is 11.4 Å². The van der Waals surface area contributed by atoms with Gasteiger partial charge in [0.05, 0.1) is 20.3 Å². The maximum absolute atomic E-state index is 6.09. The first kappa shape index (κ1) is 21.6. The van der Waals surface area contributed by atoms with Crippen LogP contribution in [0.3, 0.4) is 0 Å². The van der Waals surface area contributed by atoms with Crippen LogP contribution in [0, 0.1) is 5.92 Å². The maximum Gasteiger partial charge on any atom is 0.193 e. The highest BCUT2D eigenvalue weighted by Gasteiger charge is 2.23. The number of methoxy groups -OCH3 is 2. The van der Waals surface area contributed by atoms with E-state index in [1.807, 2.05) is 56.3 Å². The summed E-state index contributed by atoms with van der Waals surface area (Å²) < 4.78 is 16.4. The first-order valence-corrected chi connectivity index (χ1v) is 10.3. The Morgan fingerprint density at radius 2 is 1.77 bits per heavy atom. The average molecular weight is 413 g/mol. The van der Waals surface area contributed by atoms with E-state index in [-0.39, 0.29) is 6.10 Å². The lowest BCUT2D eigenvalue weighted by Crippen LogP contribution is -2.25. The van der Waals surface area contributed by atoms with Crippen molar-refractivity contribution in [1.82, 2.24) is 0 Å². The number of aliphatic imine (C=N–C) groups is 1. The predicted molar refractivity (Wildman–Crippen MR) is 122 cm³/mol. The van der Waals surface area contributed by atoms with Gasteiger partial charge >= 0.3 is 0 Å². The quantitative estimate of drug-likeness (QED) is 0.508. The van der Waals surface area contributed by atoms with E-state index >= 15 is 0 Å². The van der Waals surface area contributed by atoms with E-state index in [2.05, 4.69) is 15.2 Å². The Morgan fingerprint density at radius 1 is 1.10 bits per heavy atom. The standard InChI is InChI=1S/C23H32N4O3/c1-16(2)30-20-7-5-18(6-8-20)26-23(24)25-14-17-9-10-27(15-17)19-11-21(28-3)13-22(12-19)29-4/h5-8,11-13,16-17H,9-10,14-15H2,1-4H3,(H3,24,25,26). The van der Waals surface area contributed by atoms with Crippen molar-refractivity contribution in [3.8, 4) is 17.2 Å². The zero-order valence-electron chi connectivity index (χ0n) is 18.2. The lowest BCUT2D eigenvalue weighted by molar-refractivity contribution is 0.242. The van der Waals surface area contributed by atoms with Crippen LogP contribution in [0.15, 0.2) is 47.5 Å². The molecule has 1 saturated heterocycles. The summed E-state index contributed by atoms with van der Waals surface area (Å²) in [5.41, 5.74) is 8.08. The van der Waals surface area contributed by atoms with Crippen molar-refractivity contribution in [1.29, 1.82) is 0 Å². The average Bonchev–Trinajstić information content (AvgIpc) is 3.22. The zero-order chi connectivity index (χ0) is 21.5. The summed E-state index contributed by atoms with van der Waals surface area (Å²) in [6.45, 7) is 6.60. The van der Waals surface area contributed by atoms with Crippen molar-refractivity contribution in [2.24, 2.45) is 16.6 Å². The molecule has 7 nitrogen and oxygen atoms in total. The smallest absolute Gasteiger partial charge is 0.193 e. The fourth-order valence-electron chi connectivity index (χ4n) is 3.50. The van der Waals surface area contributed by atoms with Crippen LogP contribution in [0.2, 0.25) is 0 Å². The van der Waals surface area contributed by atoms with Gasteiger partial charge in [-0.15, -0.1) is 0 Å². The largest absolute Gasteiger partial charge is 0.497 e. The summed E-state index contributed by atoms with van der Waals surface area (Å²) in [5, 5.41) is 3.14. The highest BCUT2D eigenvalue weighted by Crippen LogP contribution is 2.31. The molecule has 1 heterocycles. The number of hydrogen-bond donors (Lipinski definition) is 2. The molecular weight excluding hydrogens is 380 g/mol. The number of anilines is 2. The zero-order valence-corrected chi connectivity index (χ0v) is 18.2. The molecule has 1 atom stereocenters. The molecule has 162 valence electrons. The lowest BCUT2D eigenvalue weighted by atomic mass is 10.1. The first-order chi connectivity index (χ1) is 14.5. The van der Waals surface area contributed by atoms with Gasteiger partial charge < -0.3 is 30.2 Å². The van der Waals surface area contributed by atoms with E-state index < -0.39 is 0 Å². The molecule has 0 bridgehead atoms. The van der Waals surface area contributed by atoms with Gasteiger partial charge in [-0.1, -0.05) is 0 Å². The third-order valence-electron chi connectivity index (χ3n) is 5.01. The molecule has 0 aromatic heterocycles. The maximum atomic E-state index is 6.09. The summed E-state index contributed by atoms with van der Waals surface area (Å²) in [4.78, 5) is 6.88. The molecule has 0 spiro atoms. The number of ether oxygens (including phenoxy) is 3. The molecule has 7 heteroatoms. The highest BCUT2D eigenvalue weighted by molar-refractivity contribution is 5.92. The van der Waals surface area contributed by atoms with Crippen molar-refractivity contribution in [3.05, 3.63) is 42.5 Å². The van der Waals surface area contributed by atoms with Gasteiger partial charge in [0.2, 0.25) is 0 Å².